The van der Waals surface area contributed by atoms with Gasteiger partial charge in [0.15, 0.2) is 0 Å². The van der Waals surface area contributed by atoms with Crippen molar-refractivity contribution in [1.29, 1.82) is 0 Å². The second kappa shape index (κ2) is 7.11. The number of hydrogen-bond acceptors (Lipinski definition) is 3. The van der Waals surface area contributed by atoms with Crippen LogP contribution >= 0.6 is 11.6 Å². The molecule has 2 amide bonds. The molecule has 0 bridgehead atoms. The summed E-state index contributed by atoms with van der Waals surface area (Å²) in [5, 5.41) is 0.634. The number of halogens is 1. The minimum Gasteiger partial charge on any atom is -0.342 e. The van der Waals surface area contributed by atoms with Crippen molar-refractivity contribution in [3.63, 3.8) is 0 Å². The maximum Gasteiger partial charge on any atom is 0.228 e. The lowest BCUT2D eigenvalue weighted by Gasteiger charge is -2.35. The number of benzene rings is 1. The number of carbonyl (C=O) groups is 2. The number of anilines is 1. The summed E-state index contributed by atoms with van der Waals surface area (Å²) < 4.78 is 0. The van der Waals surface area contributed by atoms with E-state index >= 15 is 0 Å². The fourth-order valence-electron chi connectivity index (χ4n) is 3.65. The highest BCUT2D eigenvalue weighted by Gasteiger charge is 2.38. The SMILES string of the molecule is CC(N)C1CCN(C(=O)C2CC(=O)N(c3ccc(Cl)cc3)C2)CC1. The smallest absolute Gasteiger partial charge is 0.228 e. The molecule has 2 unspecified atom stereocenters. The number of nitrogens with two attached hydrogens (primary N) is 1. The normalized spacial score (nSPS) is 23.6. The number of nitrogens with zero attached hydrogens (tertiary/aromatic N) is 2. The Morgan fingerprint density at radius 3 is 2.46 bits per heavy atom. The van der Waals surface area contributed by atoms with Crippen molar-refractivity contribution < 1.29 is 9.59 Å². The summed E-state index contributed by atoms with van der Waals surface area (Å²) in [6.07, 6.45) is 2.19. The van der Waals surface area contributed by atoms with E-state index in [1.165, 1.54) is 0 Å². The van der Waals surface area contributed by atoms with Crippen LogP contribution in [0.3, 0.4) is 0 Å². The Kier molecular flexibility index (Phi) is 5.11. The van der Waals surface area contributed by atoms with Crippen molar-refractivity contribution in [3.05, 3.63) is 29.3 Å². The summed E-state index contributed by atoms with van der Waals surface area (Å²) in [5.74, 6) is 0.342. The zero-order valence-corrected chi connectivity index (χ0v) is 14.7. The highest BCUT2D eigenvalue weighted by atomic mass is 35.5. The van der Waals surface area contributed by atoms with Gasteiger partial charge in [0.2, 0.25) is 11.8 Å². The van der Waals surface area contributed by atoms with Gasteiger partial charge in [-0.15, -0.1) is 0 Å². The Labute approximate surface area is 147 Å². The Hall–Kier alpha value is -1.59. The molecule has 0 radical (unpaired) electrons. The summed E-state index contributed by atoms with van der Waals surface area (Å²) in [4.78, 5) is 28.6. The molecular weight excluding hydrogens is 326 g/mol. The van der Waals surface area contributed by atoms with E-state index in [1.807, 2.05) is 24.0 Å². The first-order valence-corrected chi connectivity index (χ1v) is 8.94. The molecule has 1 aromatic carbocycles. The van der Waals surface area contributed by atoms with Gasteiger partial charge in [0.25, 0.3) is 0 Å². The molecule has 2 atom stereocenters. The maximum atomic E-state index is 12.7. The Balaban J connectivity index is 1.61. The van der Waals surface area contributed by atoms with Crippen LogP contribution in [0.15, 0.2) is 24.3 Å². The van der Waals surface area contributed by atoms with Crippen LogP contribution in [0.5, 0.6) is 0 Å². The summed E-state index contributed by atoms with van der Waals surface area (Å²) in [5.41, 5.74) is 6.76. The lowest BCUT2D eigenvalue weighted by Crippen LogP contribution is -2.45. The third kappa shape index (κ3) is 3.57. The van der Waals surface area contributed by atoms with E-state index in [0.717, 1.165) is 31.6 Å². The first kappa shape index (κ1) is 17.2. The molecule has 2 saturated heterocycles. The predicted molar refractivity (Wildman–Crippen MR) is 94.9 cm³/mol. The molecule has 130 valence electrons. The van der Waals surface area contributed by atoms with Gasteiger partial charge in [0.05, 0.1) is 5.92 Å². The second-order valence-corrected chi connectivity index (χ2v) is 7.34. The van der Waals surface area contributed by atoms with E-state index < -0.39 is 0 Å². The highest BCUT2D eigenvalue weighted by Crippen LogP contribution is 2.29. The fraction of sp³-hybridized carbons (Fsp3) is 0.556. The van der Waals surface area contributed by atoms with Crippen LogP contribution in [0, 0.1) is 11.8 Å². The summed E-state index contributed by atoms with van der Waals surface area (Å²) >= 11 is 5.90. The third-order valence-electron chi connectivity index (χ3n) is 5.21. The first-order chi connectivity index (χ1) is 11.5. The molecule has 3 rings (SSSR count). The van der Waals surface area contributed by atoms with Gasteiger partial charge in [-0.1, -0.05) is 11.6 Å². The van der Waals surface area contributed by atoms with Crippen molar-refractivity contribution in [2.24, 2.45) is 17.6 Å². The van der Waals surface area contributed by atoms with Crippen LogP contribution in [0.4, 0.5) is 5.69 Å². The molecule has 2 N–H and O–H groups in total. The minimum absolute atomic E-state index is 0.00105. The largest absolute Gasteiger partial charge is 0.342 e. The van der Waals surface area contributed by atoms with Crippen LogP contribution in [-0.4, -0.2) is 42.4 Å². The molecular formula is C18H24ClN3O2. The predicted octanol–water partition coefficient (Wildman–Crippen LogP) is 2.28. The van der Waals surface area contributed by atoms with Crippen molar-refractivity contribution in [3.8, 4) is 0 Å². The van der Waals surface area contributed by atoms with Crippen LogP contribution in [-0.2, 0) is 9.59 Å². The standard InChI is InChI=1S/C18H24ClN3O2/c1-12(20)13-6-8-21(9-7-13)18(24)14-10-17(23)22(11-14)16-4-2-15(19)3-5-16/h2-5,12-14H,6-11,20H2,1H3. The van der Waals surface area contributed by atoms with Crippen LogP contribution in [0.1, 0.15) is 26.2 Å². The van der Waals surface area contributed by atoms with Gasteiger partial charge in [0.1, 0.15) is 0 Å². The van der Waals surface area contributed by atoms with E-state index in [0.29, 0.717) is 17.5 Å². The Bertz CT molecular complexity index is 609. The number of rotatable bonds is 3. The topological polar surface area (TPSA) is 66.6 Å². The average molecular weight is 350 g/mol. The molecule has 2 heterocycles. The quantitative estimate of drug-likeness (QED) is 0.910. The number of carbonyl (C=O) groups excluding carboxylic acids is 2. The fourth-order valence-corrected chi connectivity index (χ4v) is 3.77. The molecule has 0 saturated carbocycles. The van der Waals surface area contributed by atoms with Gasteiger partial charge in [-0.3, -0.25) is 9.59 Å². The average Bonchev–Trinajstić information content (AvgIpc) is 2.97. The lowest BCUT2D eigenvalue weighted by atomic mass is 9.90. The highest BCUT2D eigenvalue weighted by molar-refractivity contribution is 6.30. The number of likely N-dealkylation sites (tertiary alicyclic amines) is 1. The first-order valence-electron chi connectivity index (χ1n) is 8.56. The minimum atomic E-state index is -0.250. The Morgan fingerprint density at radius 2 is 1.88 bits per heavy atom. The molecule has 6 heteroatoms. The number of hydrogen-bond donors (Lipinski definition) is 1. The third-order valence-corrected chi connectivity index (χ3v) is 5.46. The Morgan fingerprint density at radius 1 is 1.25 bits per heavy atom. The lowest BCUT2D eigenvalue weighted by molar-refractivity contribution is -0.137. The van der Waals surface area contributed by atoms with E-state index in [1.54, 1.807) is 17.0 Å². The van der Waals surface area contributed by atoms with E-state index in [4.69, 9.17) is 17.3 Å². The van der Waals surface area contributed by atoms with Crippen molar-refractivity contribution >= 4 is 29.1 Å². The van der Waals surface area contributed by atoms with Gasteiger partial charge in [-0.05, 0) is 49.9 Å². The van der Waals surface area contributed by atoms with Gasteiger partial charge in [-0.25, -0.2) is 0 Å². The summed E-state index contributed by atoms with van der Waals surface area (Å²) in [6, 6.07) is 7.34. The number of piperidine rings is 1. The summed E-state index contributed by atoms with van der Waals surface area (Å²) in [7, 11) is 0. The molecule has 0 aliphatic carbocycles. The van der Waals surface area contributed by atoms with E-state index in [-0.39, 0.29) is 30.2 Å². The molecule has 2 fully saturated rings. The summed E-state index contributed by atoms with van der Waals surface area (Å²) in [6.45, 7) is 3.97. The van der Waals surface area contributed by atoms with E-state index in [9.17, 15) is 9.59 Å². The monoisotopic (exact) mass is 349 g/mol. The zero-order valence-electron chi connectivity index (χ0n) is 14.0. The van der Waals surface area contributed by atoms with Crippen LogP contribution < -0.4 is 10.6 Å². The number of amides is 2. The van der Waals surface area contributed by atoms with Gasteiger partial charge in [-0.2, -0.15) is 0 Å². The zero-order chi connectivity index (χ0) is 17.3. The van der Waals surface area contributed by atoms with Crippen LogP contribution in [0.25, 0.3) is 0 Å². The molecule has 24 heavy (non-hydrogen) atoms. The molecule has 5 nitrogen and oxygen atoms in total. The maximum absolute atomic E-state index is 12.7. The van der Waals surface area contributed by atoms with Gasteiger partial charge >= 0.3 is 0 Å². The molecule has 2 aliphatic rings. The van der Waals surface area contributed by atoms with Crippen molar-refractivity contribution in [1.82, 2.24) is 4.90 Å². The van der Waals surface area contributed by atoms with Crippen molar-refractivity contribution in [2.45, 2.75) is 32.2 Å². The van der Waals surface area contributed by atoms with Gasteiger partial charge in [0, 0.05) is 42.8 Å². The molecule has 2 aliphatic heterocycles. The van der Waals surface area contributed by atoms with E-state index in [2.05, 4.69) is 0 Å². The molecule has 0 spiro atoms. The molecule has 0 aromatic heterocycles. The second-order valence-electron chi connectivity index (χ2n) is 6.90. The van der Waals surface area contributed by atoms with Crippen molar-refractivity contribution in [2.75, 3.05) is 24.5 Å². The molecule has 1 aromatic rings. The van der Waals surface area contributed by atoms with Gasteiger partial charge < -0.3 is 15.5 Å². The van der Waals surface area contributed by atoms with Crippen LogP contribution in [0.2, 0.25) is 5.02 Å².